The molecule has 3 N–H and O–H groups in total. The lowest BCUT2D eigenvalue weighted by atomic mass is 10.0. The fourth-order valence-corrected chi connectivity index (χ4v) is 2.92. The lowest BCUT2D eigenvalue weighted by molar-refractivity contribution is 0.0692. The van der Waals surface area contributed by atoms with Crippen molar-refractivity contribution >= 4 is 22.6 Å². The van der Waals surface area contributed by atoms with Gasteiger partial charge in [-0.15, -0.1) is 0 Å². The van der Waals surface area contributed by atoms with Crippen LogP contribution in [0.4, 0.5) is 5.69 Å². The summed E-state index contributed by atoms with van der Waals surface area (Å²) in [4.78, 5) is 22.7. The second-order valence-corrected chi connectivity index (χ2v) is 6.45. The van der Waals surface area contributed by atoms with Gasteiger partial charge in [0.2, 0.25) is 0 Å². The summed E-state index contributed by atoms with van der Waals surface area (Å²) in [7, 11) is 0. The summed E-state index contributed by atoms with van der Waals surface area (Å²) in [6, 6.07) is 21.8. The van der Waals surface area contributed by atoms with Crippen LogP contribution in [0.1, 0.15) is 21.5 Å². The number of hydrogen-bond donors (Lipinski definition) is 2. The minimum atomic E-state index is -1.32. The highest BCUT2D eigenvalue weighted by Gasteiger charge is 2.12. The van der Waals surface area contributed by atoms with E-state index < -0.39 is 17.2 Å². The minimum Gasteiger partial charge on any atom is -0.477 e. The van der Waals surface area contributed by atoms with E-state index in [4.69, 9.17) is 15.3 Å². The molecule has 0 fully saturated rings. The Labute approximate surface area is 166 Å². The van der Waals surface area contributed by atoms with Gasteiger partial charge in [0.1, 0.15) is 11.1 Å². The molecule has 0 aliphatic rings. The maximum absolute atomic E-state index is 11.6. The van der Waals surface area contributed by atoms with Crippen molar-refractivity contribution in [2.45, 2.75) is 0 Å². The molecule has 4 aromatic rings. The van der Waals surface area contributed by atoms with Gasteiger partial charge in [-0.25, -0.2) is 9.59 Å². The van der Waals surface area contributed by atoms with Crippen LogP contribution in [0.5, 0.6) is 0 Å². The molecule has 0 aliphatic carbocycles. The first-order valence-corrected chi connectivity index (χ1v) is 8.79. The van der Waals surface area contributed by atoms with E-state index >= 15 is 0 Å². The van der Waals surface area contributed by atoms with E-state index in [2.05, 4.69) is 11.8 Å². The number of nitrogens with two attached hydrogens (primary N) is 1. The Kier molecular flexibility index (Phi) is 4.60. The highest BCUT2D eigenvalue weighted by molar-refractivity contribution is 5.91. The lowest BCUT2D eigenvalue weighted by Crippen LogP contribution is -2.12. The summed E-state index contributed by atoms with van der Waals surface area (Å²) in [5, 5.41) is 9.58. The summed E-state index contributed by atoms with van der Waals surface area (Å²) >= 11 is 0. The molecule has 5 nitrogen and oxygen atoms in total. The first-order valence-electron chi connectivity index (χ1n) is 8.79. The van der Waals surface area contributed by atoms with Gasteiger partial charge in [0.05, 0.1) is 0 Å². The zero-order chi connectivity index (χ0) is 20.4. The highest BCUT2D eigenvalue weighted by atomic mass is 16.4. The van der Waals surface area contributed by atoms with Crippen LogP contribution in [0.25, 0.3) is 22.1 Å². The number of carbonyl (C=O) groups is 1. The second kappa shape index (κ2) is 7.37. The van der Waals surface area contributed by atoms with Crippen molar-refractivity contribution in [3.8, 4) is 23.0 Å². The summed E-state index contributed by atoms with van der Waals surface area (Å²) in [5.41, 5.74) is 9.16. The molecule has 5 heteroatoms. The maximum Gasteiger partial charge on any atom is 0.351 e. The van der Waals surface area contributed by atoms with Crippen molar-refractivity contribution in [3.05, 3.63) is 99.9 Å². The van der Waals surface area contributed by atoms with E-state index in [1.165, 1.54) is 6.07 Å². The van der Waals surface area contributed by atoms with Crippen molar-refractivity contribution < 1.29 is 14.3 Å². The molecule has 3 aromatic carbocycles. The molecular weight excluding hydrogens is 366 g/mol. The molecular formula is C24H15NO4. The fraction of sp³-hybridized carbons (Fsp3) is 0. The molecule has 0 saturated heterocycles. The maximum atomic E-state index is 11.6. The number of anilines is 1. The average molecular weight is 381 g/mol. The zero-order valence-electron chi connectivity index (χ0n) is 15.2. The van der Waals surface area contributed by atoms with E-state index in [0.717, 1.165) is 22.4 Å². The monoisotopic (exact) mass is 381 g/mol. The van der Waals surface area contributed by atoms with Gasteiger partial charge >= 0.3 is 11.6 Å². The van der Waals surface area contributed by atoms with Crippen LogP contribution in [0, 0.1) is 11.8 Å². The third-order valence-electron chi connectivity index (χ3n) is 4.44. The van der Waals surface area contributed by atoms with E-state index in [1.54, 1.807) is 18.2 Å². The quantitative estimate of drug-likeness (QED) is 0.309. The Balaban J connectivity index is 1.62. The van der Waals surface area contributed by atoms with E-state index in [0.29, 0.717) is 16.5 Å². The van der Waals surface area contributed by atoms with Crippen LogP contribution in [0.3, 0.4) is 0 Å². The third kappa shape index (κ3) is 3.87. The largest absolute Gasteiger partial charge is 0.477 e. The predicted molar refractivity (Wildman–Crippen MR) is 112 cm³/mol. The molecule has 0 atom stereocenters. The number of hydrogen-bond acceptors (Lipinski definition) is 4. The Morgan fingerprint density at radius 2 is 1.41 bits per heavy atom. The van der Waals surface area contributed by atoms with Crippen LogP contribution in [-0.4, -0.2) is 11.1 Å². The number of aromatic carboxylic acids is 1. The highest BCUT2D eigenvalue weighted by Crippen LogP contribution is 2.21. The summed E-state index contributed by atoms with van der Waals surface area (Å²) in [6.45, 7) is 0. The molecule has 0 radical (unpaired) electrons. The van der Waals surface area contributed by atoms with Crippen LogP contribution in [-0.2, 0) is 0 Å². The zero-order valence-corrected chi connectivity index (χ0v) is 15.2. The van der Waals surface area contributed by atoms with E-state index in [-0.39, 0.29) is 0 Å². The van der Waals surface area contributed by atoms with Crippen LogP contribution >= 0.6 is 0 Å². The van der Waals surface area contributed by atoms with E-state index in [9.17, 15) is 9.59 Å². The smallest absolute Gasteiger partial charge is 0.351 e. The van der Waals surface area contributed by atoms with Gasteiger partial charge in [0.15, 0.2) is 0 Å². The number of carboxylic acids is 1. The summed E-state index contributed by atoms with van der Waals surface area (Å²) in [6.07, 6.45) is 0. The Morgan fingerprint density at radius 3 is 2.07 bits per heavy atom. The van der Waals surface area contributed by atoms with Gasteiger partial charge in [0, 0.05) is 22.2 Å². The van der Waals surface area contributed by atoms with Gasteiger partial charge in [-0.2, -0.15) is 0 Å². The Morgan fingerprint density at radius 1 is 0.828 bits per heavy atom. The van der Waals surface area contributed by atoms with Crippen molar-refractivity contribution in [2.75, 3.05) is 5.73 Å². The molecule has 0 unspecified atom stereocenters. The summed E-state index contributed by atoms with van der Waals surface area (Å²) in [5.74, 6) is 4.81. The Bertz CT molecular complexity index is 1340. The average Bonchev–Trinajstić information content (AvgIpc) is 2.72. The van der Waals surface area contributed by atoms with Crippen molar-refractivity contribution in [3.63, 3.8) is 0 Å². The molecule has 29 heavy (non-hydrogen) atoms. The molecule has 0 amide bonds. The van der Waals surface area contributed by atoms with Crippen molar-refractivity contribution in [2.24, 2.45) is 0 Å². The second-order valence-electron chi connectivity index (χ2n) is 6.45. The van der Waals surface area contributed by atoms with Gasteiger partial charge < -0.3 is 15.3 Å². The molecule has 0 saturated carbocycles. The number of rotatable bonds is 2. The Hall–Kier alpha value is -4.30. The minimum absolute atomic E-state index is 0.318. The molecule has 0 spiro atoms. The SMILES string of the molecule is Nc1ccc(-c2ccc(C#Cc3ccc4oc(=O)c(C(=O)O)cc4c3)cc2)cc1. The predicted octanol–water partition coefficient (Wildman–Crippen LogP) is 4.14. The topological polar surface area (TPSA) is 93.5 Å². The molecule has 140 valence electrons. The van der Waals surface area contributed by atoms with Crippen molar-refractivity contribution in [1.29, 1.82) is 0 Å². The van der Waals surface area contributed by atoms with Crippen LogP contribution < -0.4 is 11.4 Å². The van der Waals surface area contributed by atoms with Gasteiger partial charge in [-0.1, -0.05) is 36.1 Å². The molecule has 1 heterocycles. The number of carboxylic acid groups (broad SMARTS) is 1. The number of fused-ring (bicyclic) bond motifs is 1. The standard InChI is InChI=1S/C24H15NO4/c25-20-10-8-18(9-11-20)17-6-3-15(4-7-17)1-2-16-5-12-22-19(13-16)14-21(23(26)27)24(28)29-22/h3-14H,25H2,(H,26,27). The molecule has 0 aliphatic heterocycles. The van der Waals surface area contributed by atoms with Gasteiger partial charge in [-0.05, 0) is 59.7 Å². The number of benzene rings is 3. The normalized spacial score (nSPS) is 10.3. The third-order valence-corrected chi connectivity index (χ3v) is 4.44. The molecule has 0 bridgehead atoms. The fourth-order valence-electron chi connectivity index (χ4n) is 2.92. The van der Waals surface area contributed by atoms with Crippen LogP contribution in [0.15, 0.2) is 82.0 Å². The lowest BCUT2D eigenvalue weighted by Gasteiger charge is -2.02. The molecule has 1 aromatic heterocycles. The van der Waals surface area contributed by atoms with Crippen LogP contribution in [0.2, 0.25) is 0 Å². The summed E-state index contributed by atoms with van der Waals surface area (Å²) < 4.78 is 5.04. The van der Waals surface area contributed by atoms with Gasteiger partial charge in [-0.3, -0.25) is 0 Å². The molecule has 4 rings (SSSR count). The first kappa shape index (κ1) is 18.1. The number of nitrogen functional groups attached to an aromatic ring is 1. The van der Waals surface area contributed by atoms with Crippen molar-refractivity contribution in [1.82, 2.24) is 0 Å². The van der Waals surface area contributed by atoms with Gasteiger partial charge in [0.25, 0.3) is 0 Å². The van der Waals surface area contributed by atoms with E-state index in [1.807, 2.05) is 48.5 Å². The first-order chi connectivity index (χ1) is 14.0.